The summed E-state index contributed by atoms with van der Waals surface area (Å²) < 4.78 is 4.58. The molecule has 4 nitrogen and oxygen atoms in total. The summed E-state index contributed by atoms with van der Waals surface area (Å²) in [6.07, 6.45) is 1.49. The van der Waals surface area contributed by atoms with E-state index in [9.17, 15) is 4.79 Å². The van der Waals surface area contributed by atoms with E-state index in [-0.39, 0.29) is 0 Å². The fraction of sp³-hybridized carbons (Fsp3) is 0.333. The first-order chi connectivity index (χ1) is 8.78. The van der Waals surface area contributed by atoms with Gasteiger partial charge in [-0.15, -0.1) is 0 Å². The first kappa shape index (κ1) is 13.3. The number of ether oxygens (including phenoxy) is 1. The van der Waals surface area contributed by atoms with Crippen molar-refractivity contribution >= 4 is 29.1 Å². The Bertz CT molecular complexity index is 593. The van der Waals surface area contributed by atoms with Crippen LogP contribution in [-0.2, 0) is 4.74 Å². The van der Waals surface area contributed by atoms with Gasteiger partial charge in [0.2, 0.25) is 0 Å². The van der Waals surface area contributed by atoms with Crippen LogP contribution < -0.4 is 5.73 Å². The van der Waals surface area contributed by atoms with Gasteiger partial charge in [-0.05, 0) is 33.8 Å². The molecule has 1 aromatic carbocycles. The topological polar surface area (TPSA) is 64.7 Å². The Balaban J connectivity index is 0.000000151. The molecule has 1 aliphatic carbocycles. The lowest BCUT2D eigenvalue weighted by Gasteiger charge is -2.16. The summed E-state index contributed by atoms with van der Waals surface area (Å²) in [4.78, 5) is 14.5. The van der Waals surface area contributed by atoms with Gasteiger partial charge >= 0.3 is 6.09 Å². The molecule has 1 aromatic rings. The highest BCUT2D eigenvalue weighted by molar-refractivity contribution is 6.35. The van der Waals surface area contributed by atoms with Crippen molar-refractivity contribution in [1.29, 1.82) is 0 Å². The second-order valence-electron chi connectivity index (χ2n) is 5.53. The molecule has 3 rings (SSSR count). The molecule has 0 saturated carbocycles. The van der Waals surface area contributed by atoms with Crippen molar-refractivity contribution in [3.63, 3.8) is 0 Å². The van der Waals surface area contributed by atoms with Crippen molar-refractivity contribution in [2.75, 3.05) is 0 Å². The maximum absolute atomic E-state index is 10.0. The summed E-state index contributed by atoms with van der Waals surface area (Å²) in [7, 11) is 0. The zero-order chi connectivity index (χ0) is 14.2. The van der Waals surface area contributed by atoms with Gasteiger partial charge in [0.25, 0.3) is 0 Å². The molecule has 0 fully saturated rings. The Hall–Kier alpha value is -2.10. The van der Waals surface area contributed by atoms with E-state index in [0.717, 1.165) is 0 Å². The molecule has 1 amide bonds. The first-order valence-corrected chi connectivity index (χ1v) is 6.17. The van der Waals surface area contributed by atoms with Crippen molar-refractivity contribution in [1.82, 2.24) is 0 Å². The number of hydrogen-bond donors (Lipinski definition) is 1. The standard InChI is InChI=1S/C10H7N.C5H11NO2/c1-6-9-5-7-3-2-4-8(9)10(7)11-6;1-5(2,3)8-4(6)7/h2-5H,1H3;1-3H3,(H2,6,7). The predicted octanol–water partition coefficient (Wildman–Crippen LogP) is 3.53. The number of primary amides is 1. The number of aliphatic imine (C=N–C) groups is 1. The third-order valence-electron chi connectivity index (χ3n) is 2.73. The number of para-hydroxylation sites is 1. The summed E-state index contributed by atoms with van der Waals surface area (Å²) in [6.45, 7) is 7.35. The third-order valence-corrected chi connectivity index (χ3v) is 2.73. The van der Waals surface area contributed by atoms with Crippen LogP contribution in [-0.4, -0.2) is 17.4 Å². The SMILES string of the molecule is CC(C)(C)OC(N)=O.CC1=Nc2c3cccc2C1=C3. The maximum atomic E-state index is 10.0. The van der Waals surface area contributed by atoms with E-state index in [1.165, 1.54) is 28.1 Å². The molecule has 1 heterocycles. The van der Waals surface area contributed by atoms with Gasteiger partial charge in [0.05, 0.1) is 5.69 Å². The number of hydrogen-bond acceptors (Lipinski definition) is 3. The van der Waals surface area contributed by atoms with Gasteiger partial charge < -0.3 is 10.5 Å². The normalized spacial score (nSPS) is 14.3. The minimum atomic E-state index is -0.725. The Morgan fingerprint density at radius 3 is 2.47 bits per heavy atom. The molecule has 4 bridgehead atoms. The van der Waals surface area contributed by atoms with E-state index >= 15 is 0 Å². The van der Waals surface area contributed by atoms with Crippen molar-refractivity contribution in [2.24, 2.45) is 10.7 Å². The first-order valence-electron chi connectivity index (χ1n) is 6.17. The van der Waals surface area contributed by atoms with Gasteiger partial charge in [-0.3, -0.25) is 4.99 Å². The lowest BCUT2D eigenvalue weighted by Crippen LogP contribution is -2.27. The van der Waals surface area contributed by atoms with Crippen molar-refractivity contribution < 1.29 is 9.53 Å². The van der Waals surface area contributed by atoms with Gasteiger partial charge in [0, 0.05) is 22.4 Å². The molecule has 0 atom stereocenters. The Kier molecular flexibility index (Phi) is 3.18. The molecule has 0 unspecified atom stereocenters. The van der Waals surface area contributed by atoms with E-state index in [1.54, 1.807) is 20.8 Å². The van der Waals surface area contributed by atoms with Crippen LogP contribution in [0.2, 0.25) is 0 Å². The van der Waals surface area contributed by atoms with Crippen LogP contribution in [0.3, 0.4) is 0 Å². The third kappa shape index (κ3) is 2.84. The van der Waals surface area contributed by atoms with Crippen LogP contribution >= 0.6 is 0 Å². The van der Waals surface area contributed by atoms with E-state index in [4.69, 9.17) is 5.73 Å². The highest BCUT2D eigenvalue weighted by Gasteiger charge is 2.24. The molecular weight excluding hydrogens is 240 g/mol. The second kappa shape index (κ2) is 4.53. The van der Waals surface area contributed by atoms with E-state index in [2.05, 4.69) is 40.9 Å². The molecule has 1 aliphatic heterocycles. The van der Waals surface area contributed by atoms with Gasteiger partial charge in [0.1, 0.15) is 5.60 Å². The smallest absolute Gasteiger partial charge is 0.405 e. The quantitative estimate of drug-likeness (QED) is 0.773. The summed E-state index contributed by atoms with van der Waals surface area (Å²) in [5.74, 6) is 0. The van der Waals surface area contributed by atoms with Gasteiger partial charge in [0.15, 0.2) is 0 Å². The van der Waals surface area contributed by atoms with E-state index in [1.807, 2.05) is 0 Å². The van der Waals surface area contributed by atoms with Crippen LogP contribution in [0.5, 0.6) is 0 Å². The van der Waals surface area contributed by atoms with Crippen LogP contribution in [0.15, 0.2) is 23.2 Å². The average molecular weight is 258 g/mol. The number of benzene rings is 1. The zero-order valence-corrected chi connectivity index (χ0v) is 11.7. The summed E-state index contributed by atoms with van der Waals surface area (Å²) in [5, 5.41) is 0. The predicted molar refractivity (Wildman–Crippen MR) is 77.5 cm³/mol. The molecule has 100 valence electrons. The summed E-state index contributed by atoms with van der Waals surface area (Å²) in [6, 6.07) is 6.34. The molecular formula is C15H18N2O2. The van der Waals surface area contributed by atoms with Gasteiger partial charge in [-0.1, -0.05) is 18.2 Å². The highest BCUT2D eigenvalue weighted by atomic mass is 16.6. The van der Waals surface area contributed by atoms with E-state index < -0.39 is 11.7 Å². The lowest BCUT2D eigenvalue weighted by molar-refractivity contribution is 0.0600. The molecule has 2 aliphatic rings. The zero-order valence-electron chi connectivity index (χ0n) is 11.7. The molecule has 2 N–H and O–H groups in total. The van der Waals surface area contributed by atoms with Gasteiger partial charge in [-0.2, -0.15) is 0 Å². The number of allylic oxidation sites excluding steroid dienone is 1. The van der Waals surface area contributed by atoms with Crippen molar-refractivity contribution in [3.05, 3.63) is 29.3 Å². The van der Waals surface area contributed by atoms with Gasteiger partial charge in [-0.25, -0.2) is 4.79 Å². The number of amides is 1. The molecule has 19 heavy (non-hydrogen) atoms. The molecule has 0 saturated heterocycles. The molecule has 0 spiro atoms. The van der Waals surface area contributed by atoms with Crippen LogP contribution in [0.1, 0.15) is 38.8 Å². The minimum Gasteiger partial charge on any atom is -0.444 e. The molecule has 0 radical (unpaired) electrons. The average Bonchev–Trinajstić information content (AvgIpc) is 2.65. The molecule has 4 heteroatoms. The number of nitrogens with zero attached hydrogens (tertiary/aromatic N) is 1. The monoisotopic (exact) mass is 258 g/mol. The Labute approximate surface area is 113 Å². The highest BCUT2D eigenvalue weighted by Crippen LogP contribution is 2.44. The summed E-state index contributed by atoms with van der Waals surface area (Å²) >= 11 is 0. The Morgan fingerprint density at radius 2 is 2.00 bits per heavy atom. The van der Waals surface area contributed by atoms with Crippen molar-refractivity contribution in [2.45, 2.75) is 33.3 Å². The number of nitrogens with two attached hydrogens (primary N) is 1. The summed E-state index contributed by atoms with van der Waals surface area (Å²) in [5.41, 5.74) is 10.5. The largest absolute Gasteiger partial charge is 0.444 e. The number of rotatable bonds is 0. The lowest BCUT2D eigenvalue weighted by atomic mass is 10.1. The van der Waals surface area contributed by atoms with E-state index in [0.29, 0.717) is 0 Å². The fourth-order valence-electron chi connectivity index (χ4n) is 2.08. The number of carbonyl (C=O) groups excluding carboxylic acids is 1. The maximum Gasteiger partial charge on any atom is 0.405 e. The Morgan fingerprint density at radius 1 is 1.32 bits per heavy atom. The van der Waals surface area contributed by atoms with Crippen LogP contribution in [0.4, 0.5) is 10.5 Å². The van der Waals surface area contributed by atoms with Crippen molar-refractivity contribution in [3.8, 4) is 0 Å². The second-order valence-corrected chi connectivity index (χ2v) is 5.53. The van der Waals surface area contributed by atoms with Crippen LogP contribution in [0.25, 0.3) is 11.6 Å². The fourth-order valence-corrected chi connectivity index (χ4v) is 2.08. The van der Waals surface area contributed by atoms with Crippen LogP contribution in [0, 0.1) is 0 Å². The number of carbonyl (C=O) groups is 1. The minimum absolute atomic E-state index is 0.453. The molecule has 0 aromatic heterocycles.